The Bertz CT molecular complexity index is 1080. The zero-order valence-corrected chi connectivity index (χ0v) is 15.9. The molecule has 136 valence electrons. The number of hydrogen-bond donors (Lipinski definition) is 0. The van der Waals surface area contributed by atoms with E-state index in [2.05, 4.69) is 4.98 Å². The topological polar surface area (TPSA) is 74.7 Å². The molecule has 0 aliphatic carbocycles. The van der Waals surface area contributed by atoms with Gasteiger partial charge in [-0.3, -0.25) is 4.98 Å². The first-order valence-electron chi connectivity index (χ1n) is 7.57. The molecule has 0 radical (unpaired) electrons. The molecule has 1 heterocycles. The lowest BCUT2D eigenvalue weighted by Gasteiger charge is -2.14. The largest absolute Gasteiger partial charge is 0.496 e. The molecule has 0 aliphatic heterocycles. The molecule has 2 aromatic carbocycles. The Morgan fingerprint density at radius 1 is 1.00 bits per heavy atom. The van der Waals surface area contributed by atoms with Crippen molar-refractivity contribution in [3.05, 3.63) is 53.2 Å². The lowest BCUT2D eigenvalue weighted by Crippen LogP contribution is -2.12. The van der Waals surface area contributed by atoms with Gasteiger partial charge in [0.05, 0.1) is 19.2 Å². The first-order chi connectivity index (χ1) is 12.4. The summed E-state index contributed by atoms with van der Waals surface area (Å²) in [5.74, 6) is 0.646. The van der Waals surface area contributed by atoms with Crippen LogP contribution in [0.3, 0.4) is 0 Å². The van der Waals surface area contributed by atoms with Gasteiger partial charge >= 0.3 is 10.1 Å². The van der Waals surface area contributed by atoms with E-state index in [0.717, 1.165) is 5.56 Å². The van der Waals surface area contributed by atoms with E-state index in [0.29, 0.717) is 21.7 Å². The minimum absolute atomic E-state index is 0.0756. The van der Waals surface area contributed by atoms with Crippen molar-refractivity contribution in [2.75, 3.05) is 14.2 Å². The maximum atomic E-state index is 12.9. The molecule has 0 aliphatic rings. The predicted octanol–water partition coefficient (Wildman–Crippen LogP) is 3.98. The number of fused-ring (bicyclic) bond motifs is 1. The van der Waals surface area contributed by atoms with Crippen molar-refractivity contribution in [2.24, 2.45) is 0 Å². The molecule has 3 aromatic rings. The predicted molar refractivity (Wildman–Crippen MR) is 98.8 cm³/mol. The summed E-state index contributed by atoms with van der Waals surface area (Å²) in [6.45, 7) is 1.79. The van der Waals surface area contributed by atoms with Crippen LogP contribution in [-0.4, -0.2) is 27.6 Å². The molecule has 0 unspecified atom stereocenters. The summed E-state index contributed by atoms with van der Waals surface area (Å²) in [4.78, 5) is 4.04. The zero-order valence-electron chi connectivity index (χ0n) is 14.3. The average Bonchev–Trinajstić information content (AvgIpc) is 2.63. The molecule has 0 saturated heterocycles. The number of benzene rings is 2. The second-order valence-corrected chi connectivity index (χ2v) is 7.38. The van der Waals surface area contributed by atoms with Crippen molar-refractivity contribution >= 4 is 32.6 Å². The lowest BCUT2D eigenvalue weighted by atomic mass is 10.2. The third-order valence-electron chi connectivity index (χ3n) is 3.83. The van der Waals surface area contributed by atoms with Crippen LogP contribution in [0.2, 0.25) is 5.02 Å². The van der Waals surface area contributed by atoms with Gasteiger partial charge in [-0.05, 0) is 42.8 Å². The molecule has 1 aromatic heterocycles. The third kappa shape index (κ3) is 3.27. The summed E-state index contributed by atoms with van der Waals surface area (Å²) >= 11 is 6.14. The molecule has 0 bridgehead atoms. The molecule has 0 atom stereocenters. The Morgan fingerprint density at radius 2 is 1.73 bits per heavy atom. The minimum Gasteiger partial charge on any atom is -0.496 e. The van der Waals surface area contributed by atoms with Crippen molar-refractivity contribution < 1.29 is 22.1 Å². The molecule has 3 rings (SSSR count). The summed E-state index contributed by atoms with van der Waals surface area (Å²) in [6, 6.07) is 9.42. The maximum absolute atomic E-state index is 12.9. The van der Waals surface area contributed by atoms with Gasteiger partial charge in [0.15, 0.2) is 10.6 Å². The van der Waals surface area contributed by atoms with E-state index in [4.69, 9.17) is 25.3 Å². The molecule has 0 fully saturated rings. The number of hydrogen-bond acceptors (Lipinski definition) is 6. The summed E-state index contributed by atoms with van der Waals surface area (Å²) < 4.78 is 41.5. The molecule has 0 N–H and O–H groups in total. The van der Waals surface area contributed by atoms with Gasteiger partial charge in [0.1, 0.15) is 17.0 Å². The number of ether oxygens (including phenoxy) is 2. The van der Waals surface area contributed by atoms with Gasteiger partial charge in [-0.1, -0.05) is 11.6 Å². The number of pyridine rings is 1. The monoisotopic (exact) mass is 393 g/mol. The molecule has 0 amide bonds. The van der Waals surface area contributed by atoms with Gasteiger partial charge in [0, 0.05) is 17.6 Å². The Labute approximate surface area is 156 Å². The second-order valence-electron chi connectivity index (χ2n) is 5.46. The second kappa shape index (κ2) is 7.01. The number of nitrogens with zero attached hydrogens (tertiary/aromatic N) is 1. The fourth-order valence-corrected chi connectivity index (χ4v) is 3.88. The highest BCUT2D eigenvalue weighted by atomic mass is 35.5. The van der Waals surface area contributed by atoms with Crippen molar-refractivity contribution in [3.63, 3.8) is 0 Å². The minimum atomic E-state index is -4.20. The van der Waals surface area contributed by atoms with E-state index in [1.165, 1.54) is 32.5 Å². The first kappa shape index (κ1) is 18.3. The molecular formula is C18H16ClNO5S. The van der Waals surface area contributed by atoms with Gasteiger partial charge in [-0.15, -0.1) is 0 Å². The van der Waals surface area contributed by atoms with Crippen LogP contribution in [0.15, 0.2) is 47.5 Å². The summed E-state index contributed by atoms with van der Waals surface area (Å²) in [5.41, 5.74) is 1.09. The first-order valence-corrected chi connectivity index (χ1v) is 9.36. The highest BCUT2D eigenvalue weighted by Gasteiger charge is 2.25. The molecule has 8 heteroatoms. The number of methoxy groups -OCH3 is 2. The van der Waals surface area contributed by atoms with Crippen LogP contribution in [0.1, 0.15) is 5.56 Å². The zero-order chi connectivity index (χ0) is 18.9. The Kier molecular flexibility index (Phi) is 4.93. The standard InChI is InChI=1S/C18H16ClNO5S/c1-11-9-16(24-3)17(10-15(11)23-2)26(21,22)25-14-7-6-13(19)12-5-4-8-20-18(12)14/h4-10H,1-3H3. The van der Waals surface area contributed by atoms with E-state index >= 15 is 0 Å². The Balaban J connectivity index is 2.13. The SMILES string of the molecule is COc1cc(S(=O)(=O)Oc2ccc(Cl)c3cccnc23)c(OC)cc1C. The summed E-state index contributed by atoms with van der Waals surface area (Å²) in [6.07, 6.45) is 1.54. The van der Waals surface area contributed by atoms with E-state index < -0.39 is 10.1 Å². The average molecular weight is 394 g/mol. The molecular weight excluding hydrogens is 378 g/mol. The number of aryl methyl sites for hydroxylation is 1. The van der Waals surface area contributed by atoms with Gasteiger partial charge in [0.2, 0.25) is 0 Å². The molecule has 0 spiro atoms. The van der Waals surface area contributed by atoms with E-state index in [9.17, 15) is 8.42 Å². The van der Waals surface area contributed by atoms with Crippen LogP contribution in [0.4, 0.5) is 0 Å². The molecule has 26 heavy (non-hydrogen) atoms. The van der Waals surface area contributed by atoms with Gasteiger partial charge in [-0.25, -0.2) is 0 Å². The van der Waals surface area contributed by atoms with E-state index in [1.807, 2.05) is 0 Å². The van der Waals surface area contributed by atoms with Gasteiger partial charge < -0.3 is 13.7 Å². The third-order valence-corrected chi connectivity index (χ3v) is 5.42. The number of halogens is 1. The van der Waals surface area contributed by atoms with Crippen molar-refractivity contribution in [3.8, 4) is 17.2 Å². The fourth-order valence-electron chi connectivity index (χ4n) is 2.56. The quantitative estimate of drug-likeness (QED) is 0.610. The smallest absolute Gasteiger partial charge is 0.343 e. The number of rotatable bonds is 5. The van der Waals surface area contributed by atoms with Crippen LogP contribution in [-0.2, 0) is 10.1 Å². The lowest BCUT2D eigenvalue weighted by molar-refractivity contribution is 0.386. The molecule has 0 saturated carbocycles. The van der Waals surface area contributed by atoms with Crippen LogP contribution < -0.4 is 13.7 Å². The van der Waals surface area contributed by atoms with Crippen molar-refractivity contribution in [2.45, 2.75) is 11.8 Å². The highest BCUT2D eigenvalue weighted by Crippen LogP contribution is 2.35. The highest BCUT2D eigenvalue weighted by molar-refractivity contribution is 7.87. The normalized spacial score (nSPS) is 11.4. The molecule has 6 nitrogen and oxygen atoms in total. The number of aromatic nitrogens is 1. The Hall–Kier alpha value is -2.51. The van der Waals surface area contributed by atoms with Crippen LogP contribution >= 0.6 is 11.6 Å². The van der Waals surface area contributed by atoms with Crippen LogP contribution in [0.25, 0.3) is 10.9 Å². The van der Waals surface area contributed by atoms with Crippen molar-refractivity contribution in [1.29, 1.82) is 0 Å². The van der Waals surface area contributed by atoms with Crippen LogP contribution in [0.5, 0.6) is 17.2 Å². The Morgan fingerprint density at radius 3 is 2.42 bits per heavy atom. The summed E-state index contributed by atoms with van der Waals surface area (Å²) in [7, 11) is -1.35. The van der Waals surface area contributed by atoms with Gasteiger partial charge in [0.25, 0.3) is 0 Å². The van der Waals surface area contributed by atoms with Gasteiger partial charge in [-0.2, -0.15) is 8.42 Å². The van der Waals surface area contributed by atoms with E-state index in [1.54, 1.807) is 31.2 Å². The van der Waals surface area contributed by atoms with E-state index in [-0.39, 0.29) is 16.4 Å². The van der Waals surface area contributed by atoms with Crippen molar-refractivity contribution in [1.82, 2.24) is 4.98 Å². The fraction of sp³-hybridized carbons (Fsp3) is 0.167. The summed E-state index contributed by atoms with van der Waals surface area (Å²) in [5, 5.41) is 1.04. The maximum Gasteiger partial charge on any atom is 0.343 e. The van der Waals surface area contributed by atoms with Crippen LogP contribution in [0, 0.1) is 6.92 Å².